The number of carbonyl (C=O) groups is 2. The van der Waals surface area contributed by atoms with Gasteiger partial charge in [-0.15, -0.1) is 0 Å². The van der Waals surface area contributed by atoms with Gasteiger partial charge in [0.15, 0.2) is 0 Å². The molecule has 0 aliphatic heterocycles. The van der Waals surface area contributed by atoms with Crippen LogP contribution >= 0.6 is 0 Å². The lowest BCUT2D eigenvalue weighted by molar-refractivity contribution is -0.142. The molecule has 1 aromatic rings. The molecule has 0 radical (unpaired) electrons. The summed E-state index contributed by atoms with van der Waals surface area (Å²) in [5, 5.41) is 11.7. The molecule has 4 heteroatoms. The Hall–Kier alpha value is -1.84. The second-order valence-corrected chi connectivity index (χ2v) is 5.60. The van der Waals surface area contributed by atoms with Crippen molar-refractivity contribution >= 4 is 11.9 Å². The number of hydrogen-bond acceptors (Lipinski definition) is 2. The topological polar surface area (TPSA) is 66.4 Å². The largest absolute Gasteiger partial charge is 0.480 e. The van der Waals surface area contributed by atoms with Crippen molar-refractivity contribution in [3.8, 4) is 0 Å². The molecule has 20 heavy (non-hydrogen) atoms. The van der Waals surface area contributed by atoms with Crippen LogP contribution in [0.5, 0.6) is 0 Å². The highest BCUT2D eigenvalue weighted by molar-refractivity contribution is 5.83. The van der Waals surface area contributed by atoms with Crippen molar-refractivity contribution in [2.45, 2.75) is 45.6 Å². The SMILES string of the molecule is CC(C)C[C@H](NC(=O)CC(C)c1ccccc1)C(=O)O. The van der Waals surface area contributed by atoms with Crippen LogP contribution in [0.2, 0.25) is 0 Å². The van der Waals surface area contributed by atoms with Gasteiger partial charge in [0.25, 0.3) is 0 Å². The van der Waals surface area contributed by atoms with Crippen molar-refractivity contribution in [1.82, 2.24) is 5.32 Å². The van der Waals surface area contributed by atoms with Crippen LogP contribution in [0.15, 0.2) is 30.3 Å². The monoisotopic (exact) mass is 277 g/mol. The van der Waals surface area contributed by atoms with E-state index in [0.717, 1.165) is 5.56 Å². The maximum absolute atomic E-state index is 11.9. The third-order valence-electron chi connectivity index (χ3n) is 3.20. The van der Waals surface area contributed by atoms with Crippen LogP contribution in [0.3, 0.4) is 0 Å². The zero-order valence-electron chi connectivity index (χ0n) is 12.3. The van der Waals surface area contributed by atoms with Gasteiger partial charge in [-0.25, -0.2) is 4.79 Å². The van der Waals surface area contributed by atoms with Crippen LogP contribution in [-0.4, -0.2) is 23.0 Å². The highest BCUT2D eigenvalue weighted by atomic mass is 16.4. The number of aliphatic carboxylic acids is 1. The normalized spacial score (nSPS) is 13.8. The molecule has 0 aliphatic rings. The minimum Gasteiger partial charge on any atom is -0.480 e. The first-order valence-corrected chi connectivity index (χ1v) is 6.97. The minimum absolute atomic E-state index is 0.0738. The Morgan fingerprint density at radius 3 is 2.25 bits per heavy atom. The third-order valence-corrected chi connectivity index (χ3v) is 3.20. The van der Waals surface area contributed by atoms with Crippen molar-refractivity contribution in [2.24, 2.45) is 5.92 Å². The molecule has 0 saturated heterocycles. The molecular weight excluding hydrogens is 254 g/mol. The van der Waals surface area contributed by atoms with E-state index in [1.807, 2.05) is 51.1 Å². The van der Waals surface area contributed by atoms with E-state index >= 15 is 0 Å². The fourth-order valence-electron chi connectivity index (χ4n) is 2.12. The van der Waals surface area contributed by atoms with Crippen LogP contribution < -0.4 is 5.32 Å². The van der Waals surface area contributed by atoms with Gasteiger partial charge in [0, 0.05) is 6.42 Å². The van der Waals surface area contributed by atoms with Crippen molar-refractivity contribution in [2.75, 3.05) is 0 Å². The lowest BCUT2D eigenvalue weighted by Crippen LogP contribution is -2.41. The van der Waals surface area contributed by atoms with Crippen LogP contribution in [0.1, 0.15) is 45.1 Å². The fraction of sp³-hybridized carbons (Fsp3) is 0.500. The molecule has 0 bridgehead atoms. The predicted molar refractivity (Wildman–Crippen MR) is 78.5 cm³/mol. The van der Waals surface area contributed by atoms with E-state index < -0.39 is 12.0 Å². The first-order valence-electron chi connectivity index (χ1n) is 6.97. The van der Waals surface area contributed by atoms with Gasteiger partial charge >= 0.3 is 5.97 Å². The molecule has 0 heterocycles. The Morgan fingerprint density at radius 2 is 1.75 bits per heavy atom. The fourth-order valence-corrected chi connectivity index (χ4v) is 2.12. The lowest BCUT2D eigenvalue weighted by atomic mass is 9.97. The summed E-state index contributed by atoms with van der Waals surface area (Å²) in [6.45, 7) is 5.84. The van der Waals surface area contributed by atoms with E-state index in [4.69, 9.17) is 5.11 Å². The molecule has 110 valence electrons. The Morgan fingerprint density at radius 1 is 1.15 bits per heavy atom. The van der Waals surface area contributed by atoms with Gasteiger partial charge in [0.05, 0.1) is 0 Å². The molecule has 0 spiro atoms. The smallest absolute Gasteiger partial charge is 0.326 e. The van der Waals surface area contributed by atoms with Crippen molar-refractivity contribution in [3.63, 3.8) is 0 Å². The van der Waals surface area contributed by atoms with Crippen LogP contribution in [0.25, 0.3) is 0 Å². The number of amides is 1. The number of rotatable bonds is 7. The maximum Gasteiger partial charge on any atom is 0.326 e. The van der Waals surface area contributed by atoms with Crippen LogP contribution in [0, 0.1) is 5.92 Å². The molecule has 1 aromatic carbocycles. The predicted octanol–water partition coefficient (Wildman–Crippen LogP) is 2.80. The number of carboxylic acids is 1. The van der Waals surface area contributed by atoms with E-state index in [0.29, 0.717) is 12.8 Å². The molecule has 4 nitrogen and oxygen atoms in total. The summed E-state index contributed by atoms with van der Waals surface area (Å²) in [5.74, 6) is -0.888. The maximum atomic E-state index is 11.9. The van der Waals surface area contributed by atoms with Crippen molar-refractivity contribution < 1.29 is 14.7 Å². The van der Waals surface area contributed by atoms with Crippen molar-refractivity contribution in [3.05, 3.63) is 35.9 Å². The quantitative estimate of drug-likeness (QED) is 0.805. The summed E-state index contributed by atoms with van der Waals surface area (Å²) in [6.07, 6.45) is 0.743. The molecule has 2 atom stereocenters. The van der Waals surface area contributed by atoms with Crippen LogP contribution in [0.4, 0.5) is 0 Å². The van der Waals surface area contributed by atoms with Crippen LogP contribution in [-0.2, 0) is 9.59 Å². The summed E-state index contributed by atoms with van der Waals surface area (Å²) >= 11 is 0. The molecule has 1 unspecified atom stereocenters. The molecule has 0 aromatic heterocycles. The zero-order chi connectivity index (χ0) is 15.1. The molecule has 0 fully saturated rings. The Kier molecular flexibility index (Phi) is 6.22. The summed E-state index contributed by atoms with van der Waals surface area (Å²) in [4.78, 5) is 23.1. The third kappa shape index (κ3) is 5.43. The minimum atomic E-state index is -0.973. The number of nitrogens with one attached hydrogen (secondary N) is 1. The highest BCUT2D eigenvalue weighted by Gasteiger charge is 2.22. The Labute approximate surface area is 120 Å². The number of hydrogen-bond donors (Lipinski definition) is 2. The van der Waals surface area contributed by atoms with Gasteiger partial charge < -0.3 is 10.4 Å². The first-order chi connectivity index (χ1) is 9.40. The van der Waals surface area contributed by atoms with E-state index in [9.17, 15) is 9.59 Å². The number of carboxylic acid groups (broad SMARTS) is 1. The number of carbonyl (C=O) groups excluding carboxylic acids is 1. The lowest BCUT2D eigenvalue weighted by Gasteiger charge is -2.18. The van der Waals surface area contributed by atoms with Gasteiger partial charge in [0.1, 0.15) is 6.04 Å². The molecule has 2 N–H and O–H groups in total. The van der Waals surface area contributed by atoms with Gasteiger partial charge in [-0.05, 0) is 23.8 Å². The zero-order valence-corrected chi connectivity index (χ0v) is 12.3. The van der Waals surface area contributed by atoms with E-state index in [1.54, 1.807) is 0 Å². The summed E-state index contributed by atoms with van der Waals surface area (Å²) < 4.78 is 0. The Balaban J connectivity index is 2.55. The molecule has 1 amide bonds. The molecule has 1 rings (SSSR count). The van der Waals surface area contributed by atoms with E-state index in [2.05, 4.69) is 5.32 Å². The van der Waals surface area contributed by atoms with Gasteiger partial charge in [-0.1, -0.05) is 51.1 Å². The standard InChI is InChI=1S/C16H23NO3/c1-11(2)9-14(16(19)20)17-15(18)10-12(3)13-7-5-4-6-8-13/h4-8,11-12,14H,9-10H2,1-3H3,(H,17,18)(H,19,20)/t12?,14-/m0/s1. The number of benzene rings is 1. The van der Waals surface area contributed by atoms with Gasteiger partial charge in [0.2, 0.25) is 5.91 Å². The second-order valence-electron chi connectivity index (χ2n) is 5.60. The van der Waals surface area contributed by atoms with Gasteiger partial charge in [-0.3, -0.25) is 4.79 Å². The summed E-state index contributed by atoms with van der Waals surface area (Å²) in [7, 11) is 0. The Bertz CT molecular complexity index is 442. The van der Waals surface area contributed by atoms with Gasteiger partial charge in [-0.2, -0.15) is 0 Å². The highest BCUT2D eigenvalue weighted by Crippen LogP contribution is 2.18. The summed E-state index contributed by atoms with van der Waals surface area (Å²) in [5.41, 5.74) is 1.08. The molecule has 0 aliphatic carbocycles. The average molecular weight is 277 g/mol. The second kappa shape index (κ2) is 7.68. The summed E-state index contributed by atoms with van der Waals surface area (Å²) in [6, 6.07) is 8.94. The molecule has 0 saturated carbocycles. The van der Waals surface area contributed by atoms with Crippen molar-refractivity contribution in [1.29, 1.82) is 0 Å². The van der Waals surface area contributed by atoms with E-state index in [1.165, 1.54) is 0 Å². The van der Waals surface area contributed by atoms with E-state index in [-0.39, 0.29) is 17.7 Å². The average Bonchev–Trinajstić information content (AvgIpc) is 2.38. The first kappa shape index (κ1) is 16.2. The molecular formula is C16H23NO3.